The fourth-order valence-electron chi connectivity index (χ4n) is 2.79. The first kappa shape index (κ1) is 16.6. The lowest BCUT2D eigenvalue weighted by Gasteiger charge is -2.32. The smallest absolute Gasteiger partial charge is 0.0637 e. The predicted octanol–water partition coefficient (Wildman–Crippen LogP) is 3.87. The molecule has 1 N–H and O–H groups in total. The molecule has 0 aromatic heterocycles. The lowest BCUT2D eigenvalue weighted by molar-refractivity contribution is 0.202. The van der Waals surface area contributed by atoms with Gasteiger partial charge in [-0.3, -0.25) is 0 Å². The summed E-state index contributed by atoms with van der Waals surface area (Å²) in [6, 6.07) is 7.23. The SMILES string of the molecule is CNC(C)c1ccc(N(CCOC)C(C)C2CC2)cc1Cl. The standard InChI is InChI=1S/C17H27ClN2O/c1-12(19-3)16-8-7-15(11-17(16)18)20(9-10-21-4)13(2)14-5-6-14/h7-8,11-14,19H,5-6,9-10H2,1-4H3. The van der Waals surface area contributed by atoms with Gasteiger partial charge in [0, 0.05) is 36.4 Å². The van der Waals surface area contributed by atoms with E-state index in [1.165, 1.54) is 18.5 Å². The Labute approximate surface area is 133 Å². The largest absolute Gasteiger partial charge is 0.383 e. The second kappa shape index (κ2) is 7.48. The summed E-state index contributed by atoms with van der Waals surface area (Å²) in [6.45, 7) is 6.08. The predicted molar refractivity (Wildman–Crippen MR) is 90.3 cm³/mol. The lowest BCUT2D eigenvalue weighted by atomic mass is 10.1. The Morgan fingerprint density at radius 1 is 1.38 bits per heavy atom. The molecule has 2 unspecified atom stereocenters. The Kier molecular flexibility index (Phi) is 5.91. The number of methoxy groups -OCH3 is 1. The van der Waals surface area contributed by atoms with E-state index in [4.69, 9.17) is 16.3 Å². The maximum Gasteiger partial charge on any atom is 0.0637 e. The van der Waals surface area contributed by atoms with Crippen LogP contribution in [-0.2, 0) is 4.74 Å². The molecule has 1 saturated carbocycles. The van der Waals surface area contributed by atoms with E-state index in [-0.39, 0.29) is 6.04 Å². The van der Waals surface area contributed by atoms with Crippen molar-refractivity contribution in [2.24, 2.45) is 5.92 Å². The molecule has 0 radical (unpaired) electrons. The molecular weight excluding hydrogens is 284 g/mol. The van der Waals surface area contributed by atoms with Gasteiger partial charge in [-0.25, -0.2) is 0 Å². The molecule has 118 valence electrons. The third-order valence-electron chi connectivity index (χ3n) is 4.55. The number of hydrogen-bond acceptors (Lipinski definition) is 3. The summed E-state index contributed by atoms with van der Waals surface area (Å²) in [6.07, 6.45) is 2.68. The second-order valence-corrected chi connectivity index (χ2v) is 6.39. The number of hydrogen-bond donors (Lipinski definition) is 1. The number of anilines is 1. The minimum Gasteiger partial charge on any atom is -0.383 e. The van der Waals surface area contributed by atoms with E-state index in [9.17, 15) is 0 Å². The Hall–Kier alpha value is -0.770. The van der Waals surface area contributed by atoms with Gasteiger partial charge >= 0.3 is 0 Å². The summed E-state index contributed by atoms with van der Waals surface area (Å²) in [5.41, 5.74) is 2.34. The first-order chi connectivity index (χ1) is 10.1. The summed E-state index contributed by atoms with van der Waals surface area (Å²) in [5.74, 6) is 0.816. The van der Waals surface area contributed by atoms with Gasteiger partial charge in [0.25, 0.3) is 0 Å². The van der Waals surface area contributed by atoms with Crippen LogP contribution in [0.2, 0.25) is 5.02 Å². The van der Waals surface area contributed by atoms with Crippen molar-refractivity contribution in [1.82, 2.24) is 5.32 Å². The van der Waals surface area contributed by atoms with Crippen LogP contribution in [0.25, 0.3) is 0 Å². The van der Waals surface area contributed by atoms with Gasteiger partial charge in [0.15, 0.2) is 0 Å². The Bertz CT molecular complexity index is 462. The van der Waals surface area contributed by atoms with Crippen LogP contribution in [0.1, 0.15) is 38.3 Å². The maximum absolute atomic E-state index is 6.48. The van der Waals surface area contributed by atoms with Crippen LogP contribution >= 0.6 is 11.6 Å². The van der Waals surface area contributed by atoms with Gasteiger partial charge < -0.3 is 15.0 Å². The van der Waals surface area contributed by atoms with Crippen molar-refractivity contribution in [1.29, 1.82) is 0 Å². The maximum atomic E-state index is 6.48. The summed E-state index contributed by atoms with van der Waals surface area (Å²) in [7, 11) is 3.71. The molecule has 0 heterocycles. The monoisotopic (exact) mass is 310 g/mol. The first-order valence-electron chi connectivity index (χ1n) is 7.80. The molecule has 1 aromatic rings. The fourth-order valence-corrected chi connectivity index (χ4v) is 3.13. The molecule has 0 bridgehead atoms. The van der Waals surface area contributed by atoms with E-state index in [0.29, 0.717) is 6.04 Å². The number of halogens is 1. The minimum atomic E-state index is 0.264. The van der Waals surface area contributed by atoms with E-state index < -0.39 is 0 Å². The number of benzene rings is 1. The zero-order chi connectivity index (χ0) is 15.4. The topological polar surface area (TPSA) is 24.5 Å². The zero-order valence-electron chi connectivity index (χ0n) is 13.5. The number of nitrogens with zero attached hydrogens (tertiary/aromatic N) is 1. The fraction of sp³-hybridized carbons (Fsp3) is 0.647. The highest BCUT2D eigenvalue weighted by atomic mass is 35.5. The van der Waals surface area contributed by atoms with Crippen molar-refractivity contribution in [3.8, 4) is 0 Å². The average Bonchev–Trinajstić information content (AvgIpc) is 3.31. The van der Waals surface area contributed by atoms with E-state index in [2.05, 4.69) is 42.3 Å². The van der Waals surface area contributed by atoms with Crippen LogP contribution in [0.3, 0.4) is 0 Å². The van der Waals surface area contributed by atoms with Gasteiger partial charge in [-0.05, 0) is 57.4 Å². The van der Waals surface area contributed by atoms with Crippen LogP contribution in [0, 0.1) is 5.92 Å². The van der Waals surface area contributed by atoms with Gasteiger partial charge in [0.05, 0.1) is 6.61 Å². The Morgan fingerprint density at radius 2 is 2.10 bits per heavy atom. The number of nitrogens with one attached hydrogen (secondary N) is 1. The average molecular weight is 311 g/mol. The van der Waals surface area contributed by atoms with Gasteiger partial charge in [0.2, 0.25) is 0 Å². The van der Waals surface area contributed by atoms with Crippen molar-refractivity contribution in [3.63, 3.8) is 0 Å². The van der Waals surface area contributed by atoms with E-state index in [0.717, 1.165) is 29.7 Å². The van der Waals surface area contributed by atoms with Gasteiger partial charge in [-0.2, -0.15) is 0 Å². The molecule has 1 aromatic carbocycles. The van der Waals surface area contributed by atoms with Crippen LogP contribution in [0.4, 0.5) is 5.69 Å². The van der Waals surface area contributed by atoms with Crippen LogP contribution < -0.4 is 10.2 Å². The second-order valence-electron chi connectivity index (χ2n) is 5.98. The zero-order valence-corrected chi connectivity index (χ0v) is 14.3. The third kappa shape index (κ3) is 4.12. The van der Waals surface area contributed by atoms with Gasteiger partial charge in [-0.1, -0.05) is 17.7 Å². The third-order valence-corrected chi connectivity index (χ3v) is 4.87. The summed E-state index contributed by atoms with van der Waals surface area (Å²) >= 11 is 6.48. The van der Waals surface area contributed by atoms with E-state index in [1.807, 2.05) is 7.05 Å². The van der Waals surface area contributed by atoms with Crippen molar-refractivity contribution >= 4 is 17.3 Å². The summed E-state index contributed by atoms with van der Waals surface area (Å²) in [4.78, 5) is 2.43. The van der Waals surface area contributed by atoms with Gasteiger partial charge in [0.1, 0.15) is 0 Å². The van der Waals surface area contributed by atoms with E-state index >= 15 is 0 Å². The molecule has 1 aliphatic carbocycles. The highest BCUT2D eigenvalue weighted by Crippen LogP contribution is 2.38. The van der Waals surface area contributed by atoms with Crippen molar-refractivity contribution in [2.45, 2.75) is 38.8 Å². The number of ether oxygens (including phenoxy) is 1. The van der Waals surface area contributed by atoms with E-state index in [1.54, 1.807) is 7.11 Å². The molecule has 3 nitrogen and oxygen atoms in total. The highest BCUT2D eigenvalue weighted by Gasteiger charge is 2.32. The van der Waals surface area contributed by atoms with Crippen LogP contribution in [0.15, 0.2) is 18.2 Å². The molecule has 2 rings (SSSR count). The highest BCUT2D eigenvalue weighted by molar-refractivity contribution is 6.31. The number of rotatable bonds is 8. The molecule has 0 saturated heterocycles. The first-order valence-corrected chi connectivity index (χ1v) is 8.18. The molecule has 1 aliphatic rings. The van der Waals surface area contributed by atoms with Crippen molar-refractivity contribution < 1.29 is 4.74 Å². The Morgan fingerprint density at radius 3 is 2.62 bits per heavy atom. The molecule has 21 heavy (non-hydrogen) atoms. The van der Waals surface area contributed by atoms with Crippen LogP contribution in [0.5, 0.6) is 0 Å². The molecule has 0 spiro atoms. The van der Waals surface area contributed by atoms with Crippen molar-refractivity contribution in [2.75, 3.05) is 32.2 Å². The molecule has 0 aliphatic heterocycles. The molecule has 0 amide bonds. The lowest BCUT2D eigenvalue weighted by Crippen LogP contribution is -2.37. The normalized spacial score (nSPS) is 17.6. The summed E-state index contributed by atoms with van der Waals surface area (Å²) < 4.78 is 5.27. The molecular formula is C17H27ClN2O. The molecule has 2 atom stereocenters. The molecule has 1 fully saturated rings. The molecule has 4 heteroatoms. The van der Waals surface area contributed by atoms with Gasteiger partial charge in [-0.15, -0.1) is 0 Å². The summed E-state index contributed by atoms with van der Waals surface area (Å²) in [5, 5.41) is 4.07. The van der Waals surface area contributed by atoms with Crippen molar-refractivity contribution in [3.05, 3.63) is 28.8 Å². The minimum absolute atomic E-state index is 0.264. The Balaban J connectivity index is 2.20. The van der Waals surface area contributed by atoms with Crippen LogP contribution in [-0.4, -0.2) is 33.4 Å². The quantitative estimate of drug-likeness (QED) is 0.789.